The fourth-order valence-electron chi connectivity index (χ4n) is 4.68. The summed E-state index contributed by atoms with van der Waals surface area (Å²) in [7, 11) is 1.68. The third-order valence-corrected chi connectivity index (χ3v) is 7.38. The van der Waals surface area contributed by atoms with Gasteiger partial charge in [-0.15, -0.1) is 11.3 Å². The van der Waals surface area contributed by atoms with Crippen LogP contribution in [0.15, 0.2) is 24.3 Å². The number of benzene rings is 1. The number of Topliss-reactive ketones (excluding diaryl/α,β-unsaturated/α-hetero) is 1. The van der Waals surface area contributed by atoms with E-state index in [1.807, 2.05) is 18.2 Å². The van der Waals surface area contributed by atoms with Crippen molar-refractivity contribution in [3.05, 3.63) is 29.1 Å². The van der Waals surface area contributed by atoms with E-state index in [4.69, 9.17) is 4.74 Å². The Kier molecular flexibility index (Phi) is 3.92. The standard InChI is InChI=1S/C20H25NO2S/c1-20(2)16(13-6-8-21(20)9-7-13)12-17(22)19-10-14-4-5-15(23-3)11-18(14)24-19/h4-5,10-11,13,16H,6-9,12H2,1-3H3/t16-/m1/s1. The minimum atomic E-state index is 0.150. The molecule has 128 valence electrons. The molecular formula is C20H25NO2S. The maximum absolute atomic E-state index is 13.0. The molecule has 0 N–H and O–H groups in total. The first-order valence-electron chi connectivity index (χ1n) is 8.85. The number of thiophene rings is 1. The molecule has 3 nitrogen and oxygen atoms in total. The Hall–Kier alpha value is -1.39. The lowest BCUT2D eigenvalue weighted by atomic mass is 9.65. The van der Waals surface area contributed by atoms with Crippen LogP contribution in [0.2, 0.25) is 0 Å². The summed E-state index contributed by atoms with van der Waals surface area (Å²) in [6.45, 7) is 7.05. The van der Waals surface area contributed by atoms with E-state index in [0.717, 1.165) is 20.7 Å². The highest BCUT2D eigenvalue weighted by Crippen LogP contribution is 2.46. The van der Waals surface area contributed by atoms with E-state index in [1.165, 1.54) is 25.9 Å². The Morgan fingerprint density at radius 2 is 2.04 bits per heavy atom. The molecule has 0 radical (unpaired) electrons. The van der Waals surface area contributed by atoms with Crippen molar-refractivity contribution in [3.8, 4) is 5.75 Å². The minimum Gasteiger partial charge on any atom is -0.497 e. The summed E-state index contributed by atoms with van der Waals surface area (Å²) in [4.78, 5) is 16.4. The van der Waals surface area contributed by atoms with Crippen LogP contribution in [-0.4, -0.2) is 36.4 Å². The van der Waals surface area contributed by atoms with Crippen LogP contribution in [0, 0.1) is 11.8 Å². The van der Waals surface area contributed by atoms with Crippen LogP contribution >= 0.6 is 11.3 Å². The number of carbonyl (C=O) groups is 1. The first-order chi connectivity index (χ1) is 11.5. The zero-order chi connectivity index (χ0) is 16.9. The molecule has 0 unspecified atom stereocenters. The van der Waals surface area contributed by atoms with Crippen molar-refractivity contribution in [2.75, 3.05) is 20.2 Å². The van der Waals surface area contributed by atoms with Gasteiger partial charge in [0.05, 0.1) is 12.0 Å². The lowest BCUT2D eigenvalue weighted by molar-refractivity contribution is -0.0643. The highest BCUT2D eigenvalue weighted by Gasteiger charge is 2.47. The van der Waals surface area contributed by atoms with Crippen LogP contribution in [0.1, 0.15) is 42.8 Å². The Morgan fingerprint density at radius 1 is 1.29 bits per heavy atom. The van der Waals surface area contributed by atoms with Crippen molar-refractivity contribution in [2.45, 2.75) is 38.6 Å². The van der Waals surface area contributed by atoms with E-state index in [1.54, 1.807) is 18.4 Å². The van der Waals surface area contributed by atoms with E-state index < -0.39 is 0 Å². The van der Waals surface area contributed by atoms with Crippen LogP contribution in [0.25, 0.3) is 10.1 Å². The summed E-state index contributed by atoms with van der Waals surface area (Å²) in [6, 6.07) is 8.07. The van der Waals surface area contributed by atoms with Crippen LogP contribution < -0.4 is 4.74 Å². The summed E-state index contributed by atoms with van der Waals surface area (Å²) in [5, 5.41) is 1.14. The molecule has 5 rings (SSSR count). The van der Waals surface area contributed by atoms with Gasteiger partial charge in [-0.3, -0.25) is 9.69 Å². The van der Waals surface area contributed by atoms with Crippen LogP contribution in [0.4, 0.5) is 0 Å². The van der Waals surface area contributed by atoms with Gasteiger partial charge in [-0.25, -0.2) is 0 Å². The van der Waals surface area contributed by atoms with Crippen LogP contribution in [0.5, 0.6) is 5.75 Å². The minimum absolute atomic E-state index is 0.150. The third-order valence-electron chi connectivity index (χ3n) is 6.24. The molecule has 3 aliphatic heterocycles. The Bertz CT molecular complexity index is 771. The number of carbonyl (C=O) groups excluding carboxylic acids is 1. The van der Waals surface area contributed by atoms with E-state index >= 15 is 0 Å². The molecule has 0 saturated carbocycles. The molecule has 2 bridgehead atoms. The zero-order valence-corrected chi connectivity index (χ0v) is 15.5. The second kappa shape index (κ2) is 5.85. The molecule has 4 heteroatoms. The molecule has 3 fully saturated rings. The van der Waals surface area contributed by atoms with Gasteiger partial charge in [-0.2, -0.15) is 0 Å². The van der Waals surface area contributed by atoms with Gasteiger partial charge in [0.25, 0.3) is 0 Å². The predicted octanol–water partition coefficient (Wildman–Crippen LogP) is 4.60. The van der Waals surface area contributed by atoms with Crippen molar-refractivity contribution in [1.29, 1.82) is 0 Å². The molecular weight excluding hydrogens is 318 g/mol. The molecule has 2 aromatic rings. The lowest BCUT2D eigenvalue weighted by Gasteiger charge is -2.56. The molecule has 1 aromatic carbocycles. The average Bonchev–Trinajstić information content (AvgIpc) is 3.01. The van der Waals surface area contributed by atoms with Crippen molar-refractivity contribution >= 4 is 27.2 Å². The van der Waals surface area contributed by atoms with Gasteiger partial charge < -0.3 is 4.74 Å². The van der Waals surface area contributed by atoms with Gasteiger partial charge in [0.2, 0.25) is 0 Å². The van der Waals surface area contributed by atoms with Crippen molar-refractivity contribution in [2.24, 2.45) is 11.8 Å². The molecule has 0 spiro atoms. The van der Waals surface area contributed by atoms with Crippen molar-refractivity contribution < 1.29 is 9.53 Å². The largest absolute Gasteiger partial charge is 0.497 e. The molecule has 1 atom stereocenters. The van der Waals surface area contributed by atoms with Gasteiger partial charge in [-0.1, -0.05) is 0 Å². The number of fused-ring (bicyclic) bond motifs is 4. The molecule has 0 aliphatic carbocycles. The zero-order valence-electron chi connectivity index (χ0n) is 14.7. The summed E-state index contributed by atoms with van der Waals surface area (Å²) in [6.07, 6.45) is 3.19. The quantitative estimate of drug-likeness (QED) is 0.760. The first kappa shape index (κ1) is 16.1. The molecule has 3 aliphatic rings. The number of piperidine rings is 3. The normalized spacial score (nSPS) is 28.2. The SMILES string of the molecule is COc1ccc2cc(C(=O)C[C@@H]3C4CCN(CC4)C3(C)C)sc2c1. The van der Waals surface area contributed by atoms with Gasteiger partial charge in [0.15, 0.2) is 5.78 Å². The first-order valence-corrected chi connectivity index (χ1v) is 9.66. The average molecular weight is 343 g/mol. The monoisotopic (exact) mass is 343 g/mol. The van der Waals surface area contributed by atoms with E-state index in [-0.39, 0.29) is 5.54 Å². The molecule has 0 amide bonds. The number of nitrogens with zero attached hydrogens (tertiary/aromatic N) is 1. The summed E-state index contributed by atoms with van der Waals surface area (Å²) >= 11 is 1.60. The highest BCUT2D eigenvalue weighted by atomic mass is 32.1. The molecule has 4 heterocycles. The Labute approximate surface area is 147 Å². The maximum Gasteiger partial charge on any atom is 0.173 e. The number of methoxy groups -OCH3 is 1. The van der Waals surface area contributed by atoms with E-state index in [9.17, 15) is 4.79 Å². The Morgan fingerprint density at radius 3 is 2.71 bits per heavy atom. The summed E-state index contributed by atoms with van der Waals surface area (Å²) < 4.78 is 6.42. The number of ether oxygens (including phenoxy) is 1. The van der Waals surface area contributed by atoms with Crippen LogP contribution in [-0.2, 0) is 0 Å². The summed E-state index contributed by atoms with van der Waals surface area (Å²) in [5.41, 5.74) is 0.150. The van der Waals surface area contributed by atoms with Gasteiger partial charge in [0, 0.05) is 16.7 Å². The van der Waals surface area contributed by atoms with Crippen molar-refractivity contribution in [3.63, 3.8) is 0 Å². The van der Waals surface area contributed by atoms with E-state index in [2.05, 4.69) is 24.8 Å². The van der Waals surface area contributed by atoms with Crippen molar-refractivity contribution in [1.82, 2.24) is 4.90 Å². The fraction of sp³-hybridized carbons (Fsp3) is 0.550. The number of hydrogen-bond acceptors (Lipinski definition) is 4. The highest BCUT2D eigenvalue weighted by molar-refractivity contribution is 7.20. The number of rotatable bonds is 4. The fourth-order valence-corrected chi connectivity index (χ4v) is 5.72. The maximum atomic E-state index is 13.0. The second-order valence-corrected chi connectivity index (χ2v) is 8.81. The number of hydrogen-bond donors (Lipinski definition) is 0. The second-order valence-electron chi connectivity index (χ2n) is 7.73. The topological polar surface area (TPSA) is 29.5 Å². The smallest absolute Gasteiger partial charge is 0.173 e. The summed E-state index contributed by atoms with van der Waals surface area (Å²) in [5.74, 6) is 2.35. The molecule has 24 heavy (non-hydrogen) atoms. The predicted molar refractivity (Wildman–Crippen MR) is 99.2 cm³/mol. The third kappa shape index (κ3) is 2.56. The van der Waals surface area contributed by atoms with Gasteiger partial charge >= 0.3 is 0 Å². The van der Waals surface area contributed by atoms with E-state index in [0.29, 0.717) is 24.0 Å². The molecule has 1 aromatic heterocycles. The Balaban J connectivity index is 1.58. The number of ketones is 1. The molecule has 3 saturated heterocycles. The van der Waals surface area contributed by atoms with Gasteiger partial charge in [-0.05, 0) is 81.3 Å². The lowest BCUT2D eigenvalue weighted by Crippen LogP contribution is -2.61. The van der Waals surface area contributed by atoms with Gasteiger partial charge in [0.1, 0.15) is 5.75 Å². The van der Waals surface area contributed by atoms with Crippen LogP contribution in [0.3, 0.4) is 0 Å².